The lowest BCUT2D eigenvalue weighted by atomic mass is 10.1. The van der Waals surface area contributed by atoms with Crippen LogP contribution in [0.5, 0.6) is 0 Å². The number of benzene rings is 2. The van der Waals surface area contributed by atoms with E-state index in [4.69, 9.17) is 0 Å². The molecule has 0 atom stereocenters. The lowest BCUT2D eigenvalue weighted by molar-refractivity contribution is -0.114. The molecular weight excluding hydrogens is 456 g/mol. The van der Waals surface area contributed by atoms with Gasteiger partial charge in [-0.05, 0) is 42.5 Å². The Morgan fingerprint density at radius 2 is 1.64 bits per heavy atom. The van der Waals surface area contributed by atoms with E-state index in [9.17, 15) is 9.59 Å². The monoisotopic (exact) mass is 482 g/mol. The predicted molar refractivity (Wildman–Crippen MR) is 138 cm³/mol. The predicted octanol–water partition coefficient (Wildman–Crippen LogP) is 3.53. The molecule has 36 heavy (non-hydrogen) atoms. The molecule has 4 aromatic rings. The second kappa shape index (κ2) is 10.3. The summed E-state index contributed by atoms with van der Waals surface area (Å²) in [4.78, 5) is 36.8. The molecule has 1 fully saturated rings. The van der Waals surface area contributed by atoms with E-state index in [0.29, 0.717) is 24.6 Å². The average molecular weight is 483 g/mol. The number of hydrogen-bond donors (Lipinski definition) is 3. The summed E-state index contributed by atoms with van der Waals surface area (Å²) in [5, 5.41) is 12.6. The van der Waals surface area contributed by atoms with Gasteiger partial charge in [-0.15, -0.1) is 0 Å². The standard InChI is InChI=1S/C26H26N8O2/c1-18(35)30-21-4-2-19(3-5-21)24-10-11-27-26(32-24)31-22-6-8-23(9-7-22)33-12-14-34(15-13-33)25(36)20-16-28-29-17-20/h2-11,16-17H,12-15H2,1H3,(H,28,29)(H,30,35)(H,27,31,32). The van der Waals surface area contributed by atoms with E-state index in [0.717, 1.165) is 41.4 Å². The second-order valence-corrected chi connectivity index (χ2v) is 8.46. The summed E-state index contributed by atoms with van der Waals surface area (Å²) in [6.07, 6.45) is 4.90. The Hall–Kier alpha value is -4.73. The number of rotatable bonds is 6. The summed E-state index contributed by atoms with van der Waals surface area (Å²) in [5.41, 5.74) is 5.02. The zero-order valence-corrected chi connectivity index (χ0v) is 19.8. The van der Waals surface area contributed by atoms with Crippen molar-refractivity contribution in [2.45, 2.75) is 6.92 Å². The topological polar surface area (TPSA) is 119 Å². The van der Waals surface area contributed by atoms with Gasteiger partial charge < -0.3 is 20.4 Å². The Morgan fingerprint density at radius 3 is 2.31 bits per heavy atom. The molecule has 1 aliphatic heterocycles. The summed E-state index contributed by atoms with van der Waals surface area (Å²) >= 11 is 0. The number of H-pyrrole nitrogens is 1. The van der Waals surface area contributed by atoms with E-state index in [1.54, 1.807) is 18.6 Å². The highest BCUT2D eigenvalue weighted by molar-refractivity contribution is 5.93. The number of nitrogens with zero attached hydrogens (tertiary/aromatic N) is 5. The maximum Gasteiger partial charge on any atom is 0.257 e. The molecule has 1 saturated heterocycles. The molecule has 182 valence electrons. The highest BCUT2D eigenvalue weighted by Crippen LogP contribution is 2.24. The lowest BCUT2D eigenvalue weighted by Crippen LogP contribution is -2.48. The third-order valence-corrected chi connectivity index (χ3v) is 5.96. The number of nitrogens with one attached hydrogen (secondary N) is 3. The van der Waals surface area contributed by atoms with Gasteiger partial charge in [0.1, 0.15) is 0 Å². The molecule has 0 saturated carbocycles. The fraction of sp³-hybridized carbons (Fsp3) is 0.192. The summed E-state index contributed by atoms with van der Waals surface area (Å²) < 4.78 is 0. The van der Waals surface area contributed by atoms with E-state index in [1.807, 2.05) is 47.4 Å². The van der Waals surface area contributed by atoms with E-state index in [2.05, 4.69) is 47.8 Å². The van der Waals surface area contributed by atoms with Gasteiger partial charge >= 0.3 is 0 Å². The Morgan fingerprint density at radius 1 is 0.917 bits per heavy atom. The first-order valence-electron chi connectivity index (χ1n) is 11.7. The van der Waals surface area contributed by atoms with Crippen LogP contribution in [0.15, 0.2) is 73.2 Å². The highest BCUT2D eigenvalue weighted by atomic mass is 16.2. The van der Waals surface area contributed by atoms with Gasteiger partial charge in [-0.2, -0.15) is 5.10 Å². The zero-order valence-electron chi connectivity index (χ0n) is 19.8. The molecule has 10 heteroatoms. The molecule has 0 spiro atoms. The van der Waals surface area contributed by atoms with Gasteiger partial charge in [0.2, 0.25) is 11.9 Å². The molecule has 2 aromatic heterocycles. The molecule has 0 bridgehead atoms. The van der Waals surface area contributed by atoms with Crippen LogP contribution >= 0.6 is 0 Å². The van der Waals surface area contributed by atoms with E-state index >= 15 is 0 Å². The van der Waals surface area contributed by atoms with Crippen LogP contribution in [0.1, 0.15) is 17.3 Å². The molecule has 2 amide bonds. The van der Waals surface area contributed by atoms with Crippen molar-refractivity contribution in [3.05, 3.63) is 78.8 Å². The molecule has 0 unspecified atom stereocenters. The van der Waals surface area contributed by atoms with Crippen LogP contribution in [0.25, 0.3) is 11.3 Å². The minimum Gasteiger partial charge on any atom is -0.368 e. The minimum absolute atomic E-state index is 0.00819. The molecular formula is C26H26N8O2. The largest absolute Gasteiger partial charge is 0.368 e. The fourth-order valence-corrected chi connectivity index (χ4v) is 4.11. The van der Waals surface area contributed by atoms with Crippen LogP contribution in [0.2, 0.25) is 0 Å². The third kappa shape index (κ3) is 5.33. The first-order valence-corrected chi connectivity index (χ1v) is 11.7. The maximum absolute atomic E-state index is 12.5. The first-order chi connectivity index (χ1) is 17.5. The Balaban J connectivity index is 1.19. The van der Waals surface area contributed by atoms with Crippen LogP contribution in [-0.4, -0.2) is 63.1 Å². The van der Waals surface area contributed by atoms with Crippen LogP contribution in [0.3, 0.4) is 0 Å². The normalized spacial score (nSPS) is 13.4. The molecule has 10 nitrogen and oxygen atoms in total. The Labute approximate surface area is 208 Å². The van der Waals surface area contributed by atoms with Gasteiger partial charge in [0.05, 0.1) is 17.5 Å². The SMILES string of the molecule is CC(=O)Nc1ccc(-c2ccnc(Nc3ccc(N4CCN(C(=O)c5cn[nH]c5)CC4)cc3)n2)cc1. The van der Waals surface area contributed by atoms with Gasteiger partial charge in [-0.1, -0.05) is 12.1 Å². The van der Waals surface area contributed by atoms with E-state index in [1.165, 1.54) is 6.92 Å². The molecule has 0 radical (unpaired) electrons. The number of amides is 2. The van der Waals surface area contributed by atoms with Crippen LogP contribution in [0.4, 0.5) is 23.0 Å². The summed E-state index contributed by atoms with van der Waals surface area (Å²) in [6.45, 7) is 4.34. The lowest BCUT2D eigenvalue weighted by Gasteiger charge is -2.36. The van der Waals surface area contributed by atoms with Crippen molar-refractivity contribution in [3.63, 3.8) is 0 Å². The van der Waals surface area contributed by atoms with Crippen molar-refractivity contribution in [2.75, 3.05) is 41.7 Å². The summed E-state index contributed by atoms with van der Waals surface area (Å²) in [5.74, 6) is 0.399. The van der Waals surface area contributed by atoms with Crippen LogP contribution in [0, 0.1) is 0 Å². The van der Waals surface area contributed by atoms with Crippen molar-refractivity contribution < 1.29 is 9.59 Å². The van der Waals surface area contributed by atoms with Crippen molar-refractivity contribution in [2.24, 2.45) is 0 Å². The van der Waals surface area contributed by atoms with E-state index < -0.39 is 0 Å². The number of hydrogen-bond acceptors (Lipinski definition) is 7. The van der Waals surface area contributed by atoms with Crippen molar-refractivity contribution in [1.82, 2.24) is 25.1 Å². The molecule has 3 N–H and O–H groups in total. The van der Waals surface area contributed by atoms with Crippen molar-refractivity contribution in [3.8, 4) is 11.3 Å². The second-order valence-electron chi connectivity index (χ2n) is 8.46. The van der Waals surface area contributed by atoms with Gasteiger partial charge in [0.15, 0.2) is 0 Å². The quantitative estimate of drug-likeness (QED) is 0.385. The summed E-state index contributed by atoms with van der Waals surface area (Å²) in [7, 11) is 0. The van der Waals surface area contributed by atoms with Crippen molar-refractivity contribution in [1.29, 1.82) is 0 Å². The summed E-state index contributed by atoms with van der Waals surface area (Å²) in [6, 6.07) is 17.5. The van der Waals surface area contributed by atoms with Gasteiger partial charge in [0.25, 0.3) is 5.91 Å². The molecule has 5 rings (SSSR count). The molecule has 0 aliphatic carbocycles. The molecule has 2 aromatic carbocycles. The van der Waals surface area contributed by atoms with E-state index in [-0.39, 0.29) is 11.8 Å². The van der Waals surface area contributed by atoms with Gasteiger partial charge in [0, 0.05) is 68.1 Å². The average Bonchev–Trinajstić information content (AvgIpc) is 3.44. The zero-order chi connectivity index (χ0) is 24.9. The highest BCUT2D eigenvalue weighted by Gasteiger charge is 2.22. The van der Waals surface area contributed by atoms with Crippen LogP contribution in [-0.2, 0) is 4.79 Å². The smallest absolute Gasteiger partial charge is 0.257 e. The molecule has 1 aliphatic rings. The third-order valence-electron chi connectivity index (χ3n) is 5.96. The Bertz CT molecular complexity index is 1330. The Kier molecular flexibility index (Phi) is 6.57. The van der Waals surface area contributed by atoms with Gasteiger partial charge in [-0.25, -0.2) is 9.97 Å². The number of piperazine rings is 1. The number of aromatic amines is 1. The first kappa shape index (κ1) is 23.0. The number of anilines is 4. The van der Waals surface area contributed by atoms with Crippen molar-refractivity contribution >= 4 is 34.8 Å². The number of carbonyl (C=O) groups is 2. The van der Waals surface area contributed by atoms with Gasteiger partial charge in [-0.3, -0.25) is 14.7 Å². The van der Waals surface area contributed by atoms with Crippen LogP contribution < -0.4 is 15.5 Å². The number of carbonyl (C=O) groups excluding carboxylic acids is 2. The maximum atomic E-state index is 12.5. The number of aromatic nitrogens is 4. The fourth-order valence-electron chi connectivity index (χ4n) is 4.11. The molecule has 3 heterocycles. The minimum atomic E-state index is -0.106.